The van der Waals surface area contributed by atoms with Gasteiger partial charge in [0.2, 0.25) is 0 Å². The first-order valence-corrected chi connectivity index (χ1v) is 2.96. The second kappa shape index (κ2) is 2.23. The predicted octanol–water partition coefficient (Wildman–Crippen LogP) is 1.63. The van der Waals surface area contributed by atoms with Crippen LogP contribution in [0.1, 0.15) is 5.56 Å². The van der Waals surface area contributed by atoms with Crippen molar-refractivity contribution >= 4 is 17.4 Å². The van der Waals surface area contributed by atoms with E-state index in [2.05, 4.69) is 4.98 Å². The van der Waals surface area contributed by atoms with Gasteiger partial charge in [0.1, 0.15) is 11.0 Å². The molecule has 0 spiro atoms. The Labute approximate surface area is 58.7 Å². The quantitative estimate of drug-likeness (QED) is 0.560. The Morgan fingerprint density at radius 1 is 1.56 bits per heavy atom. The molecule has 48 valence electrons. The van der Waals surface area contributed by atoms with Gasteiger partial charge in [-0.15, -0.1) is 0 Å². The Morgan fingerprint density at radius 3 is 2.67 bits per heavy atom. The zero-order valence-electron chi connectivity index (χ0n) is 5.06. The summed E-state index contributed by atoms with van der Waals surface area (Å²) in [4.78, 5) is 3.82. The van der Waals surface area contributed by atoms with E-state index in [1.165, 1.54) is 0 Å². The molecule has 0 aliphatic heterocycles. The van der Waals surface area contributed by atoms with Crippen LogP contribution in [0.25, 0.3) is 0 Å². The number of aromatic nitrogens is 1. The highest BCUT2D eigenvalue weighted by molar-refractivity contribution is 6.29. The van der Waals surface area contributed by atoms with Gasteiger partial charge in [-0.3, -0.25) is 0 Å². The molecule has 1 heterocycles. The number of nitrogens with two attached hydrogens (primary N) is 1. The normalized spacial score (nSPS) is 9.56. The second-order valence-corrected chi connectivity index (χ2v) is 2.22. The van der Waals surface area contributed by atoms with Gasteiger partial charge in [-0.1, -0.05) is 17.7 Å². The lowest BCUT2D eigenvalue weighted by molar-refractivity contribution is 1.28. The van der Waals surface area contributed by atoms with E-state index >= 15 is 0 Å². The van der Waals surface area contributed by atoms with E-state index in [1.807, 2.05) is 13.0 Å². The van der Waals surface area contributed by atoms with E-state index < -0.39 is 0 Å². The fraction of sp³-hybridized carbons (Fsp3) is 0.167. The molecule has 2 N–H and O–H groups in total. The summed E-state index contributed by atoms with van der Waals surface area (Å²) in [5.74, 6) is 0.502. The third-order valence-corrected chi connectivity index (χ3v) is 1.31. The Bertz CT molecular complexity index is 222. The third kappa shape index (κ3) is 1.33. The SMILES string of the molecule is Cc1ccc(Cl)nc1N. The summed E-state index contributed by atoms with van der Waals surface area (Å²) < 4.78 is 0. The highest BCUT2D eigenvalue weighted by Gasteiger charge is 1.92. The Hall–Kier alpha value is -0.760. The average Bonchev–Trinajstić information content (AvgIpc) is 1.80. The van der Waals surface area contributed by atoms with Crippen molar-refractivity contribution in [2.75, 3.05) is 5.73 Å². The van der Waals surface area contributed by atoms with Gasteiger partial charge in [-0.25, -0.2) is 4.98 Å². The molecule has 0 unspecified atom stereocenters. The fourth-order valence-corrected chi connectivity index (χ4v) is 0.674. The molecule has 0 radical (unpaired) electrons. The highest BCUT2D eigenvalue weighted by atomic mass is 35.5. The first kappa shape index (κ1) is 6.36. The molecule has 2 nitrogen and oxygen atoms in total. The molecular formula is C6H7ClN2. The molecule has 0 saturated carbocycles. The first-order chi connectivity index (χ1) is 4.20. The van der Waals surface area contributed by atoms with Crippen molar-refractivity contribution < 1.29 is 0 Å². The summed E-state index contributed by atoms with van der Waals surface area (Å²) in [6, 6.07) is 3.55. The average molecular weight is 143 g/mol. The Morgan fingerprint density at radius 2 is 2.22 bits per heavy atom. The number of nitrogen functional groups attached to an aromatic ring is 1. The van der Waals surface area contributed by atoms with Gasteiger partial charge >= 0.3 is 0 Å². The number of hydrogen-bond donors (Lipinski definition) is 1. The maximum absolute atomic E-state index is 5.53. The summed E-state index contributed by atoms with van der Waals surface area (Å²) in [5, 5.41) is 0.443. The van der Waals surface area contributed by atoms with Gasteiger partial charge in [0.25, 0.3) is 0 Å². The van der Waals surface area contributed by atoms with Gasteiger partial charge in [-0.05, 0) is 18.6 Å². The molecule has 0 amide bonds. The van der Waals surface area contributed by atoms with Crippen LogP contribution >= 0.6 is 11.6 Å². The topological polar surface area (TPSA) is 38.9 Å². The van der Waals surface area contributed by atoms with Crippen LogP contribution in [0.15, 0.2) is 12.1 Å². The summed E-state index contributed by atoms with van der Waals surface area (Å²) in [7, 11) is 0. The largest absolute Gasteiger partial charge is 0.383 e. The fourth-order valence-electron chi connectivity index (χ4n) is 0.520. The minimum Gasteiger partial charge on any atom is -0.383 e. The number of halogens is 1. The van der Waals surface area contributed by atoms with Crippen LogP contribution in [0.4, 0.5) is 5.82 Å². The van der Waals surface area contributed by atoms with Crippen LogP contribution in [-0.2, 0) is 0 Å². The van der Waals surface area contributed by atoms with E-state index in [0.29, 0.717) is 11.0 Å². The lowest BCUT2D eigenvalue weighted by Gasteiger charge is -1.95. The van der Waals surface area contributed by atoms with Crippen LogP contribution in [0.2, 0.25) is 5.15 Å². The summed E-state index contributed by atoms with van der Waals surface area (Å²) in [5.41, 5.74) is 6.38. The molecule has 0 saturated heterocycles. The second-order valence-electron chi connectivity index (χ2n) is 1.84. The predicted molar refractivity (Wildman–Crippen MR) is 38.4 cm³/mol. The molecule has 0 atom stereocenters. The van der Waals surface area contributed by atoms with E-state index in [1.54, 1.807) is 6.07 Å². The van der Waals surface area contributed by atoms with Crippen molar-refractivity contribution in [3.63, 3.8) is 0 Å². The van der Waals surface area contributed by atoms with Crippen LogP contribution in [-0.4, -0.2) is 4.98 Å². The monoisotopic (exact) mass is 142 g/mol. The van der Waals surface area contributed by atoms with Gasteiger partial charge in [-0.2, -0.15) is 0 Å². The van der Waals surface area contributed by atoms with Crippen molar-refractivity contribution in [1.82, 2.24) is 4.98 Å². The van der Waals surface area contributed by atoms with Crippen molar-refractivity contribution in [2.24, 2.45) is 0 Å². The molecule has 0 aliphatic carbocycles. The molecule has 1 rings (SSSR count). The van der Waals surface area contributed by atoms with E-state index in [4.69, 9.17) is 17.3 Å². The maximum atomic E-state index is 5.53. The number of hydrogen-bond acceptors (Lipinski definition) is 2. The third-order valence-electron chi connectivity index (χ3n) is 1.10. The Kier molecular flexibility index (Phi) is 1.58. The molecule has 1 aromatic heterocycles. The lowest BCUT2D eigenvalue weighted by Crippen LogP contribution is -1.92. The molecular weight excluding hydrogens is 136 g/mol. The van der Waals surface area contributed by atoms with Gasteiger partial charge < -0.3 is 5.73 Å². The summed E-state index contributed by atoms with van der Waals surface area (Å²) in [6.07, 6.45) is 0. The van der Waals surface area contributed by atoms with Crippen molar-refractivity contribution in [3.05, 3.63) is 22.8 Å². The standard InChI is InChI=1S/C6H7ClN2/c1-4-2-3-5(7)9-6(4)8/h2-3H,1H3,(H2,8,9). The number of anilines is 1. The van der Waals surface area contributed by atoms with Gasteiger partial charge in [0.05, 0.1) is 0 Å². The van der Waals surface area contributed by atoms with Crippen LogP contribution < -0.4 is 5.73 Å². The number of aryl methyl sites for hydroxylation is 1. The molecule has 9 heavy (non-hydrogen) atoms. The molecule has 1 aromatic rings. The van der Waals surface area contributed by atoms with E-state index in [9.17, 15) is 0 Å². The number of nitrogens with zero attached hydrogens (tertiary/aromatic N) is 1. The molecule has 0 bridgehead atoms. The van der Waals surface area contributed by atoms with Gasteiger partial charge in [0, 0.05) is 0 Å². The number of rotatable bonds is 0. The van der Waals surface area contributed by atoms with E-state index in [0.717, 1.165) is 5.56 Å². The van der Waals surface area contributed by atoms with Crippen molar-refractivity contribution in [1.29, 1.82) is 0 Å². The lowest BCUT2D eigenvalue weighted by atomic mass is 10.3. The van der Waals surface area contributed by atoms with Gasteiger partial charge in [0.15, 0.2) is 0 Å². The zero-order chi connectivity index (χ0) is 6.85. The van der Waals surface area contributed by atoms with Crippen molar-refractivity contribution in [2.45, 2.75) is 6.92 Å². The molecule has 0 aliphatic rings. The Balaban J connectivity index is 3.17. The zero-order valence-corrected chi connectivity index (χ0v) is 5.81. The van der Waals surface area contributed by atoms with E-state index in [-0.39, 0.29) is 0 Å². The smallest absolute Gasteiger partial charge is 0.131 e. The minimum absolute atomic E-state index is 0.443. The minimum atomic E-state index is 0.443. The first-order valence-electron chi connectivity index (χ1n) is 2.59. The maximum Gasteiger partial charge on any atom is 0.131 e. The highest BCUT2D eigenvalue weighted by Crippen LogP contribution is 2.10. The van der Waals surface area contributed by atoms with Crippen LogP contribution in [0.3, 0.4) is 0 Å². The number of pyridine rings is 1. The molecule has 0 fully saturated rings. The molecule has 0 aromatic carbocycles. The summed E-state index contributed by atoms with van der Waals surface area (Å²) in [6.45, 7) is 1.89. The van der Waals surface area contributed by atoms with Crippen LogP contribution in [0, 0.1) is 6.92 Å². The van der Waals surface area contributed by atoms with Crippen LogP contribution in [0.5, 0.6) is 0 Å². The summed E-state index contributed by atoms with van der Waals surface area (Å²) >= 11 is 5.53. The van der Waals surface area contributed by atoms with Crippen molar-refractivity contribution in [3.8, 4) is 0 Å². The molecule has 3 heteroatoms.